The summed E-state index contributed by atoms with van der Waals surface area (Å²) < 4.78 is 51.3. The molecule has 0 amide bonds. The molecule has 0 aliphatic rings. The first-order valence-corrected chi connectivity index (χ1v) is 7.38. The lowest BCUT2D eigenvalue weighted by molar-refractivity contribution is -0.136. The predicted molar refractivity (Wildman–Crippen MR) is 68.6 cm³/mol. The van der Waals surface area contributed by atoms with E-state index in [1.54, 1.807) is 0 Å². The molecule has 0 aliphatic heterocycles. The zero-order valence-electron chi connectivity index (χ0n) is 11.0. The van der Waals surface area contributed by atoms with Crippen molar-refractivity contribution in [1.82, 2.24) is 4.31 Å². The van der Waals surface area contributed by atoms with Gasteiger partial charge in [-0.15, -0.1) is 0 Å². The number of nitrogens with zero attached hydrogens (tertiary/aromatic N) is 1. The monoisotopic (exact) mass is 307 g/mol. The molecule has 0 fully saturated rings. The van der Waals surface area contributed by atoms with E-state index in [-0.39, 0.29) is 5.56 Å². The number of rotatable bonds is 6. The van der Waals surface area contributed by atoms with Crippen molar-refractivity contribution < 1.29 is 27.1 Å². The van der Waals surface area contributed by atoms with Crippen LogP contribution in [0.25, 0.3) is 0 Å². The molecule has 5 nitrogen and oxygen atoms in total. The van der Waals surface area contributed by atoms with Crippen LogP contribution in [-0.4, -0.2) is 36.6 Å². The van der Waals surface area contributed by atoms with Gasteiger partial charge >= 0.3 is 5.97 Å². The molecule has 0 bridgehead atoms. The van der Waals surface area contributed by atoms with Gasteiger partial charge in [-0.3, -0.25) is 4.79 Å². The number of carbonyl (C=O) groups is 1. The van der Waals surface area contributed by atoms with Crippen LogP contribution in [0.3, 0.4) is 0 Å². The molecule has 1 aromatic rings. The summed E-state index contributed by atoms with van der Waals surface area (Å²) in [4.78, 5) is 10.4. The fraction of sp³-hybridized carbons (Fsp3) is 0.417. The van der Waals surface area contributed by atoms with E-state index < -0.39 is 45.8 Å². The second-order valence-corrected chi connectivity index (χ2v) is 6.47. The zero-order valence-corrected chi connectivity index (χ0v) is 11.8. The van der Waals surface area contributed by atoms with Crippen molar-refractivity contribution in [2.45, 2.75) is 19.4 Å². The molecule has 1 atom stereocenters. The molecule has 8 heteroatoms. The Morgan fingerprint density at radius 2 is 2.00 bits per heavy atom. The van der Waals surface area contributed by atoms with Crippen molar-refractivity contribution in [3.05, 3.63) is 35.4 Å². The van der Waals surface area contributed by atoms with Gasteiger partial charge in [-0.2, -0.15) is 4.31 Å². The highest BCUT2D eigenvalue weighted by Gasteiger charge is 2.26. The van der Waals surface area contributed by atoms with Gasteiger partial charge in [0.25, 0.3) is 0 Å². The minimum absolute atomic E-state index is 0.105. The Balaban J connectivity index is 2.98. The number of benzene rings is 1. The van der Waals surface area contributed by atoms with Crippen LogP contribution in [0.2, 0.25) is 0 Å². The summed E-state index contributed by atoms with van der Waals surface area (Å²) in [5, 5.41) is 8.50. The van der Waals surface area contributed by atoms with Gasteiger partial charge in [0.2, 0.25) is 10.0 Å². The van der Waals surface area contributed by atoms with E-state index in [9.17, 15) is 22.0 Å². The summed E-state index contributed by atoms with van der Waals surface area (Å²) in [5.41, 5.74) is -0.105. The van der Waals surface area contributed by atoms with Crippen LogP contribution in [0.15, 0.2) is 18.2 Å². The van der Waals surface area contributed by atoms with Crippen LogP contribution in [-0.2, 0) is 14.8 Å². The van der Waals surface area contributed by atoms with Crippen molar-refractivity contribution >= 4 is 16.0 Å². The zero-order chi connectivity index (χ0) is 15.5. The average molecular weight is 307 g/mol. The molecule has 1 unspecified atom stereocenters. The van der Waals surface area contributed by atoms with Crippen LogP contribution < -0.4 is 0 Å². The van der Waals surface area contributed by atoms with Crippen LogP contribution in [0.1, 0.15) is 24.9 Å². The molecule has 112 valence electrons. The molecular formula is C12H15F2NO4S. The Morgan fingerprint density at radius 1 is 1.40 bits per heavy atom. The molecule has 0 heterocycles. The lowest BCUT2D eigenvalue weighted by atomic mass is 10.1. The van der Waals surface area contributed by atoms with Gasteiger partial charge in [-0.25, -0.2) is 17.2 Å². The maximum atomic E-state index is 13.6. The highest BCUT2D eigenvalue weighted by atomic mass is 32.2. The topological polar surface area (TPSA) is 74.7 Å². The largest absolute Gasteiger partial charge is 0.481 e. The molecule has 0 spiro atoms. The number of halogens is 2. The van der Waals surface area contributed by atoms with Crippen molar-refractivity contribution in [2.24, 2.45) is 0 Å². The molecule has 20 heavy (non-hydrogen) atoms. The van der Waals surface area contributed by atoms with E-state index in [1.165, 1.54) is 14.0 Å². The van der Waals surface area contributed by atoms with Crippen LogP contribution >= 0.6 is 0 Å². The van der Waals surface area contributed by atoms with Crippen LogP contribution in [0.5, 0.6) is 0 Å². The minimum Gasteiger partial charge on any atom is -0.481 e. The fourth-order valence-corrected chi connectivity index (χ4v) is 2.95. The molecular weight excluding hydrogens is 292 g/mol. The highest BCUT2D eigenvalue weighted by molar-refractivity contribution is 7.89. The number of carboxylic acids is 1. The Morgan fingerprint density at radius 3 is 2.55 bits per heavy atom. The molecule has 0 radical (unpaired) electrons. The Hall–Kier alpha value is -1.54. The van der Waals surface area contributed by atoms with Crippen molar-refractivity contribution in [2.75, 3.05) is 12.8 Å². The molecule has 1 aromatic carbocycles. The lowest BCUT2D eigenvalue weighted by Crippen LogP contribution is -2.33. The van der Waals surface area contributed by atoms with Crippen molar-refractivity contribution in [3.8, 4) is 0 Å². The summed E-state index contributed by atoms with van der Waals surface area (Å²) in [6.07, 6.45) is -0.551. The van der Waals surface area contributed by atoms with E-state index in [2.05, 4.69) is 0 Å². The number of hydrogen-bond donors (Lipinski definition) is 1. The van der Waals surface area contributed by atoms with Crippen molar-refractivity contribution in [1.29, 1.82) is 0 Å². The van der Waals surface area contributed by atoms with Gasteiger partial charge in [0, 0.05) is 18.7 Å². The van der Waals surface area contributed by atoms with E-state index in [0.717, 1.165) is 22.5 Å². The van der Waals surface area contributed by atoms with Gasteiger partial charge in [0.1, 0.15) is 11.6 Å². The SMILES string of the molecule is CC(c1cc(F)ccc1F)N(C)S(=O)(=O)CCC(=O)O. The second kappa shape index (κ2) is 6.27. The third-order valence-corrected chi connectivity index (χ3v) is 4.88. The maximum absolute atomic E-state index is 13.6. The number of hydrogen-bond acceptors (Lipinski definition) is 3. The second-order valence-electron chi connectivity index (χ2n) is 4.32. The standard InChI is InChI=1S/C12H15F2NO4S/c1-8(10-7-9(13)3-4-11(10)14)15(2)20(18,19)6-5-12(16)17/h3-4,7-8H,5-6H2,1-2H3,(H,16,17). The molecule has 1 rings (SSSR count). The maximum Gasteiger partial charge on any atom is 0.304 e. The van der Waals surface area contributed by atoms with Crippen LogP contribution in [0.4, 0.5) is 8.78 Å². The summed E-state index contributed by atoms with van der Waals surface area (Å²) in [6.45, 7) is 1.40. The van der Waals surface area contributed by atoms with Crippen molar-refractivity contribution in [3.63, 3.8) is 0 Å². The van der Waals surface area contributed by atoms with Gasteiger partial charge < -0.3 is 5.11 Å². The van der Waals surface area contributed by atoms with Gasteiger partial charge in [0.15, 0.2) is 0 Å². The van der Waals surface area contributed by atoms with E-state index in [4.69, 9.17) is 5.11 Å². The van der Waals surface area contributed by atoms with Gasteiger partial charge in [-0.05, 0) is 25.1 Å². The molecule has 1 N–H and O–H groups in total. The summed E-state index contributed by atoms with van der Waals surface area (Å²) in [6, 6.07) is 1.83. The minimum atomic E-state index is -3.87. The first-order valence-electron chi connectivity index (χ1n) is 5.77. The number of aliphatic carboxylic acids is 1. The quantitative estimate of drug-likeness (QED) is 0.869. The molecule has 0 saturated carbocycles. The first-order chi connectivity index (χ1) is 9.15. The van der Waals surface area contributed by atoms with E-state index in [1.807, 2.05) is 0 Å². The average Bonchev–Trinajstić information content (AvgIpc) is 2.37. The van der Waals surface area contributed by atoms with E-state index >= 15 is 0 Å². The van der Waals surface area contributed by atoms with E-state index in [0.29, 0.717) is 0 Å². The third kappa shape index (κ3) is 3.97. The first kappa shape index (κ1) is 16.5. The summed E-state index contributed by atoms with van der Waals surface area (Å²) in [5.74, 6) is -3.24. The molecule has 0 saturated heterocycles. The Bertz CT molecular complexity index is 603. The smallest absolute Gasteiger partial charge is 0.304 e. The lowest BCUT2D eigenvalue weighted by Gasteiger charge is -2.24. The predicted octanol–water partition coefficient (Wildman–Crippen LogP) is 1.76. The van der Waals surface area contributed by atoms with Gasteiger partial charge in [0.05, 0.1) is 12.2 Å². The summed E-state index contributed by atoms with van der Waals surface area (Å²) in [7, 11) is -2.67. The molecule has 0 aliphatic carbocycles. The number of carboxylic acid groups (broad SMARTS) is 1. The highest BCUT2D eigenvalue weighted by Crippen LogP contribution is 2.25. The Labute approximate surface area is 115 Å². The fourth-order valence-electron chi connectivity index (χ4n) is 1.63. The summed E-state index contributed by atoms with van der Waals surface area (Å²) >= 11 is 0. The Kier molecular flexibility index (Phi) is 5.18. The van der Waals surface area contributed by atoms with Crippen LogP contribution in [0, 0.1) is 11.6 Å². The normalized spacial score (nSPS) is 13.4. The van der Waals surface area contributed by atoms with Gasteiger partial charge in [-0.1, -0.05) is 0 Å². The number of sulfonamides is 1. The molecule has 0 aromatic heterocycles. The third-order valence-electron chi connectivity index (χ3n) is 2.97.